The first-order chi connectivity index (χ1) is 16.9. The lowest BCUT2D eigenvalue weighted by atomic mass is 9.77. The molecule has 0 radical (unpaired) electrons. The summed E-state index contributed by atoms with van der Waals surface area (Å²) in [6, 6.07) is 24.4. The van der Waals surface area contributed by atoms with Crippen molar-refractivity contribution in [2.24, 2.45) is 5.92 Å². The van der Waals surface area contributed by atoms with Gasteiger partial charge in [-0.05, 0) is 54.8 Å². The maximum Gasteiger partial charge on any atom is 0.236 e. The third-order valence-electron chi connectivity index (χ3n) is 6.60. The molecule has 6 heteroatoms. The van der Waals surface area contributed by atoms with Gasteiger partial charge in [-0.3, -0.25) is 9.59 Å². The van der Waals surface area contributed by atoms with Crippen molar-refractivity contribution in [3.05, 3.63) is 95.6 Å². The quantitative estimate of drug-likeness (QED) is 0.312. The lowest BCUT2D eigenvalue weighted by Crippen LogP contribution is -2.68. The molecule has 35 heavy (non-hydrogen) atoms. The van der Waals surface area contributed by atoms with Gasteiger partial charge in [0.25, 0.3) is 0 Å². The highest BCUT2D eigenvalue weighted by Crippen LogP contribution is 2.42. The molecule has 3 aromatic rings. The molecule has 1 aliphatic rings. The second-order valence-corrected chi connectivity index (χ2v) is 8.77. The fourth-order valence-corrected chi connectivity index (χ4v) is 4.73. The number of methoxy groups -OCH3 is 2. The summed E-state index contributed by atoms with van der Waals surface area (Å²) in [5.41, 5.74) is 2.89. The highest BCUT2D eigenvalue weighted by molar-refractivity contribution is 6.06. The number of amides is 1. The van der Waals surface area contributed by atoms with E-state index in [1.807, 2.05) is 85.8 Å². The van der Waals surface area contributed by atoms with Crippen LogP contribution in [0.5, 0.6) is 11.5 Å². The van der Waals surface area contributed by atoms with Gasteiger partial charge in [0.2, 0.25) is 5.91 Å². The van der Waals surface area contributed by atoms with Gasteiger partial charge in [0.05, 0.1) is 39.0 Å². The van der Waals surface area contributed by atoms with Gasteiger partial charge < -0.3 is 19.1 Å². The highest BCUT2D eigenvalue weighted by Gasteiger charge is 2.55. The van der Waals surface area contributed by atoms with Crippen LogP contribution in [-0.2, 0) is 20.9 Å². The monoisotopic (exact) mass is 473 g/mol. The number of nitrogens with zero attached hydrogens (tertiary/aromatic N) is 1. The number of rotatable bonds is 10. The van der Waals surface area contributed by atoms with Gasteiger partial charge in [0, 0.05) is 0 Å². The minimum Gasteiger partial charge on any atom is -0.497 e. The summed E-state index contributed by atoms with van der Waals surface area (Å²) in [6.07, 6.45) is -0.346. The smallest absolute Gasteiger partial charge is 0.236 e. The van der Waals surface area contributed by atoms with Gasteiger partial charge in [0.1, 0.15) is 23.2 Å². The fourth-order valence-electron chi connectivity index (χ4n) is 4.73. The van der Waals surface area contributed by atoms with Crippen LogP contribution in [-0.4, -0.2) is 43.0 Å². The van der Waals surface area contributed by atoms with Gasteiger partial charge in [-0.25, -0.2) is 0 Å². The summed E-state index contributed by atoms with van der Waals surface area (Å²) in [5, 5.41) is 0. The predicted molar refractivity (Wildman–Crippen MR) is 133 cm³/mol. The minimum absolute atomic E-state index is 0.144. The molecule has 1 amide bonds. The molecule has 3 atom stereocenters. The molecular weight excluding hydrogens is 442 g/mol. The van der Waals surface area contributed by atoms with Crippen LogP contribution in [0.2, 0.25) is 0 Å². The van der Waals surface area contributed by atoms with E-state index in [0.29, 0.717) is 6.61 Å². The van der Waals surface area contributed by atoms with Crippen molar-refractivity contribution in [1.82, 2.24) is 4.90 Å². The molecule has 0 saturated carbocycles. The summed E-state index contributed by atoms with van der Waals surface area (Å²) in [6.45, 7) is 3.82. The Morgan fingerprint density at radius 3 is 1.83 bits per heavy atom. The van der Waals surface area contributed by atoms with Crippen molar-refractivity contribution in [2.45, 2.75) is 38.6 Å². The largest absolute Gasteiger partial charge is 0.497 e. The molecule has 1 aliphatic heterocycles. The Hall–Kier alpha value is -3.64. The number of ketones is 1. The summed E-state index contributed by atoms with van der Waals surface area (Å²) >= 11 is 0. The number of ether oxygens (including phenoxy) is 3. The van der Waals surface area contributed by atoms with E-state index < -0.39 is 12.0 Å². The van der Waals surface area contributed by atoms with Crippen molar-refractivity contribution in [3.8, 4) is 11.5 Å². The van der Waals surface area contributed by atoms with E-state index in [9.17, 15) is 9.59 Å². The van der Waals surface area contributed by atoms with Crippen molar-refractivity contribution >= 4 is 11.7 Å². The van der Waals surface area contributed by atoms with Gasteiger partial charge in [-0.1, -0.05) is 54.6 Å². The lowest BCUT2D eigenvalue weighted by Gasteiger charge is -2.52. The Kier molecular flexibility index (Phi) is 7.51. The number of carbonyl (C=O) groups is 2. The van der Waals surface area contributed by atoms with Crippen LogP contribution in [0.4, 0.5) is 0 Å². The molecule has 0 N–H and O–H groups in total. The zero-order chi connectivity index (χ0) is 24.9. The normalized spacial score (nSPS) is 18.2. The molecule has 6 nitrogen and oxygen atoms in total. The molecule has 0 bridgehead atoms. The average Bonchev–Trinajstić information content (AvgIpc) is 2.89. The zero-order valence-electron chi connectivity index (χ0n) is 20.5. The number of β-lactam (4-membered cyclic amide) rings is 1. The fraction of sp³-hybridized carbons (Fsp3) is 0.310. The van der Waals surface area contributed by atoms with Gasteiger partial charge in [-0.2, -0.15) is 0 Å². The summed E-state index contributed by atoms with van der Waals surface area (Å²) < 4.78 is 16.9. The number of likely N-dealkylation sites (tertiary alicyclic amines) is 1. The summed E-state index contributed by atoms with van der Waals surface area (Å²) in [4.78, 5) is 27.7. The second kappa shape index (κ2) is 10.7. The maximum atomic E-state index is 13.4. The Morgan fingerprint density at radius 1 is 0.857 bits per heavy atom. The van der Waals surface area contributed by atoms with E-state index in [4.69, 9.17) is 14.2 Å². The van der Waals surface area contributed by atoms with Gasteiger partial charge in [0.15, 0.2) is 0 Å². The van der Waals surface area contributed by atoms with E-state index in [2.05, 4.69) is 0 Å². The van der Waals surface area contributed by atoms with Crippen LogP contribution in [0.1, 0.15) is 36.6 Å². The van der Waals surface area contributed by atoms with Crippen LogP contribution in [0.3, 0.4) is 0 Å². The average molecular weight is 474 g/mol. The Bertz CT molecular complexity index is 1100. The van der Waals surface area contributed by atoms with Crippen LogP contribution < -0.4 is 9.47 Å². The molecule has 4 rings (SSSR count). The number of benzene rings is 3. The molecule has 0 aliphatic carbocycles. The van der Waals surface area contributed by atoms with Crippen molar-refractivity contribution in [2.75, 3.05) is 14.2 Å². The van der Waals surface area contributed by atoms with E-state index >= 15 is 0 Å². The van der Waals surface area contributed by atoms with E-state index in [1.165, 1.54) is 6.92 Å². The zero-order valence-corrected chi connectivity index (χ0v) is 20.5. The maximum absolute atomic E-state index is 13.4. The minimum atomic E-state index is -0.722. The van der Waals surface area contributed by atoms with Crippen molar-refractivity contribution < 1.29 is 23.8 Å². The second-order valence-electron chi connectivity index (χ2n) is 8.77. The third-order valence-corrected chi connectivity index (χ3v) is 6.60. The van der Waals surface area contributed by atoms with Crippen LogP contribution in [0.15, 0.2) is 78.9 Å². The molecule has 1 saturated heterocycles. The standard InChI is InChI=1S/C29H31NO5/c1-19(31)26-27(20(2)35-18-21-8-6-5-7-9-21)30(29(26)32)28(22-10-14-24(33-3)15-11-22)23-12-16-25(34-4)17-13-23/h5-17,20,26-28H,18H2,1-4H3/t20-,26+,27+/m0/s1. The first-order valence-electron chi connectivity index (χ1n) is 11.7. The predicted octanol–water partition coefficient (Wildman–Crippen LogP) is 4.81. The third kappa shape index (κ3) is 5.08. The molecule has 182 valence electrons. The summed E-state index contributed by atoms with van der Waals surface area (Å²) in [7, 11) is 3.24. The van der Waals surface area contributed by atoms with Crippen LogP contribution in [0.25, 0.3) is 0 Å². The SMILES string of the molecule is COc1ccc(C(c2ccc(OC)cc2)N2C(=O)[C@H](C(C)=O)[C@H]2[C@H](C)OCc2ccccc2)cc1. The molecule has 0 spiro atoms. The van der Waals surface area contributed by atoms with E-state index in [1.54, 1.807) is 19.1 Å². The van der Waals surface area contributed by atoms with Gasteiger partial charge >= 0.3 is 0 Å². The number of hydrogen-bond acceptors (Lipinski definition) is 5. The molecule has 0 unspecified atom stereocenters. The number of hydrogen-bond donors (Lipinski definition) is 0. The Morgan fingerprint density at radius 2 is 1.37 bits per heavy atom. The van der Waals surface area contributed by atoms with Crippen LogP contribution >= 0.6 is 0 Å². The Labute approximate surface area is 206 Å². The highest BCUT2D eigenvalue weighted by atomic mass is 16.5. The van der Waals surface area contributed by atoms with Crippen LogP contribution in [0, 0.1) is 5.92 Å². The van der Waals surface area contributed by atoms with Crippen molar-refractivity contribution in [1.29, 1.82) is 0 Å². The lowest BCUT2D eigenvalue weighted by molar-refractivity contribution is -0.175. The molecule has 3 aromatic carbocycles. The first-order valence-corrected chi connectivity index (χ1v) is 11.7. The molecule has 1 fully saturated rings. The van der Waals surface area contributed by atoms with E-state index in [-0.39, 0.29) is 23.8 Å². The van der Waals surface area contributed by atoms with E-state index in [0.717, 1.165) is 28.2 Å². The van der Waals surface area contributed by atoms with Gasteiger partial charge in [-0.15, -0.1) is 0 Å². The number of Topliss-reactive ketones (excluding diaryl/α,β-unsaturated/α-hetero) is 1. The molecule has 0 aromatic heterocycles. The Balaban J connectivity index is 1.69. The molecular formula is C29H31NO5. The summed E-state index contributed by atoms with van der Waals surface area (Å²) in [5.74, 6) is 0.411. The first kappa shape index (κ1) is 24.5. The topological polar surface area (TPSA) is 65.1 Å². The van der Waals surface area contributed by atoms with Crippen molar-refractivity contribution in [3.63, 3.8) is 0 Å². The molecule has 1 heterocycles. The number of carbonyl (C=O) groups excluding carboxylic acids is 2.